The second-order valence-corrected chi connectivity index (χ2v) is 9.01. The third-order valence-corrected chi connectivity index (χ3v) is 6.84. The highest BCUT2D eigenvalue weighted by Crippen LogP contribution is 2.38. The first kappa shape index (κ1) is 20.3. The minimum absolute atomic E-state index is 0.130. The van der Waals surface area contributed by atoms with Gasteiger partial charge in [0.15, 0.2) is 16.8 Å². The van der Waals surface area contributed by atoms with Crippen LogP contribution in [0.3, 0.4) is 0 Å². The highest BCUT2D eigenvalue weighted by molar-refractivity contribution is 6.61. The van der Waals surface area contributed by atoms with E-state index in [9.17, 15) is 14.4 Å². The molecule has 5 aromatic rings. The molecule has 0 amide bonds. The number of hydrogen-bond acceptors (Lipinski definition) is 5. The van der Waals surface area contributed by atoms with Crippen molar-refractivity contribution in [3.63, 3.8) is 0 Å². The summed E-state index contributed by atoms with van der Waals surface area (Å²) in [6, 6.07) is 23.8. The van der Waals surface area contributed by atoms with Gasteiger partial charge in [0.05, 0.1) is 16.9 Å². The van der Waals surface area contributed by atoms with Crippen LogP contribution in [-0.2, 0) is 14.4 Å². The maximum atomic E-state index is 13.2. The Hall–Kier alpha value is -5.04. The second-order valence-electron chi connectivity index (χ2n) is 9.01. The fourth-order valence-electron chi connectivity index (χ4n) is 5.07. The first-order chi connectivity index (χ1) is 17.6. The molecule has 4 aromatic carbocycles. The molecule has 0 radical (unpaired) electrons. The van der Waals surface area contributed by atoms with Crippen LogP contribution in [0.5, 0.6) is 0 Å². The summed E-state index contributed by atoms with van der Waals surface area (Å²) >= 11 is 0. The molecule has 172 valence electrons. The average molecular weight is 471 g/mol. The lowest BCUT2D eigenvalue weighted by Gasteiger charge is -2.04. The Bertz CT molecular complexity index is 1860. The fourth-order valence-corrected chi connectivity index (χ4v) is 5.07. The quantitative estimate of drug-likeness (QED) is 0.153. The summed E-state index contributed by atoms with van der Waals surface area (Å²) in [5.41, 5.74) is 3.30. The summed E-state index contributed by atoms with van der Waals surface area (Å²) in [7, 11) is 0. The Morgan fingerprint density at radius 2 is 1.47 bits per heavy atom. The number of aromatic nitrogens is 2. The van der Waals surface area contributed by atoms with Gasteiger partial charge in [0.1, 0.15) is 11.7 Å². The molecule has 1 fully saturated rings. The summed E-state index contributed by atoms with van der Waals surface area (Å²) < 4.78 is 0. The summed E-state index contributed by atoms with van der Waals surface area (Å²) in [4.78, 5) is 45.2. The number of Topliss-reactive ketones (excluding diaryl/α,β-unsaturated/α-hetero) is 3. The molecule has 0 spiro atoms. The highest BCUT2D eigenvalue weighted by Gasteiger charge is 2.44. The zero-order chi connectivity index (χ0) is 24.4. The molecular weight excluding hydrogens is 452 g/mol. The number of carbonyl (C=O) groups excluding carboxylic acids is 3. The van der Waals surface area contributed by atoms with Gasteiger partial charge in [0, 0.05) is 16.8 Å². The van der Waals surface area contributed by atoms with Gasteiger partial charge in [-0.3, -0.25) is 14.4 Å². The van der Waals surface area contributed by atoms with E-state index in [1.54, 1.807) is 0 Å². The van der Waals surface area contributed by atoms with Crippen molar-refractivity contribution in [1.82, 2.24) is 4.98 Å². The van der Waals surface area contributed by atoms with Crippen LogP contribution < -0.4 is 15.6 Å². The van der Waals surface area contributed by atoms with E-state index in [2.05, 4.69) is 20.6 Å². The molecular formula is C29H19N4O3+. The third kappa shape index (κ3) is 2.99. The summed E-state index contributed by atoms with van der Waals surface area (Å²) in [6.45, 7) is 0. The topological polar surface area (TPSA) is 105 Å². The van der Waals surface area contributed by atoms with E-state index in [0.29, 0.717) is 11.6 Å². The minimum atomic E-state index is -1.18. The number of imidazole rings is 1. The van der Waals surface area contributed by atoms with E-state index in [-0.39, 0.29) is 5.57 Å². The van der Waals surface area contributed by atoms with Crippen molar-refractivity contribution < 1.29 is 19.4 Å². The maximum Gasteiger partial charge on any atom is 0.278 e. The number of H-pyrrole nitrogens is 2. The predicted molar refractivity (Wildman–Crippen MR) is 138 cm³/mol. The molecule has 0 bridgehead atoms. The van der Waals surface area contributed by atoms with E-state index in [1.165, 1.54) is 12.2 Å². The smallest absolute Gasteiger partial charge is 0.278 e. The average Bonchev–Trinajstić information content (AvgIpc) is 3.57. The number of anilines is 2. The van der Waals surface area contributed by atoms with E-state index < -0.39 is 23.3 Å². The van der Waals surface area contributed by atoms with Crippen LogP contribution in [0.2, 0.25) is 0 Å². The lowest BCUT2D eigenvalue weighted by molar-refractivity contribution is -0.346. The second kappa shape index (κ2) is 7.48. The molecule has 4 N–H and O–H groups in total. The largest absolute Gasteiger partial charge is 0.340 e. The van der Waals surface area contributed by atoms with Gasteiger partial charge in [-0.1, -0.05) is 48.5 Å². The molecule has 2 heterocycles. The molecule has 7 heteroatoms. The van der Waals surface area contributed by atoms with Gasteiger partial charge in [0.25, 0.3) is 5.82 Å². The summed E-state index contributed by atoms with van der Waals surface area (Å²) in [5.74, 6) is -2.21. The Kier molecular flexibility index (Phi) is 4.23. The maximum absolute atomic E-state index is 13.2. The van der Waals surface area contributed by atoms with Crippen molar-refractivity contribution in [2.45, 2.75) is 0 Å². The molecule has 2 aliphatic rings. The monoisotopic (exact) mass is 471 g/mol. The van der Waals surface area contributed by atoms with E-state index >= 15 is 0 Å². The van der Waals surface area contributed by atoms with Gasteiger partial charge in [-0.15, -0.1) is 0 Å². The SMILES string of the molecule is O=C1C(=O)C(/C=C2/Nc3ccc4ccccc4c3N2)C(=O)/C1=C\c1[nH]c2ccc3ccccc3c2[nH+]1. The zero-order valence-electron chi connectivity index (χ0n) is 18.9. The van der Waals surface area contributed by atoms with Crippen molar-refractivity contribution in [2.24, 2.45) is 5.92 Å². The fraction of sp³-hybridized carbons (Fsp3) is 0.0345. The number of hydrogen-bond donors (Lipinski definition) is 3. The Balaban J connectivity index is 1.23. The van der Waals surface area contributed by atoms with Crippen LogP contribution >= 0.6 is 0 Å². The molecule has 0 saturated heterocycles. The molecule has 1 aliphatic carbocycles. The Labute approximate surface area is 204 Å². The van der Waals surface area contributed by atoms with Crippen LogP contribution in [0.1, 0.15) is 5.82 Å². The van der Waals surface area contributed by atoms with Gasteiger partial charge in [-0.25, -0.2) is 9.97 Å². The number of nitrogens with one attached hydrogen (secondary N) is 4. The van der Waals surface area contributed by atoms with Crippen LogP contribution in [0.4, 0.5) is 11.4 Å². The molecule has 1 aliphatic heterocycles. The van der Waals surface area contributed by atoms with Crippen LogP contribution in [0, 0.1) is 5.92 Å². The van der Waals surface area contributed by atoms with Crippen LogP contribution in [0.15, 0.2) is 90.3 Å². The van der Waals surface area contributed by atoms with E-state index in [4.69, 9.17) is 0 Å². The highest BCUT2D eigenvalue weighted by atomic mass is 16.2. The molecule has 1 aromatic heterocycles. The first-order valence-corrected chi connectivity index (χ1v) is 11.6. The number of benzene rings is 4. The molecule has 7 nitrogen and oxygen atoms in total. The van der Waals surface area contributed by atoms with Gasteiger partial charge in [-0.05, 0) is 41.1 Å². The number of rotatable bonds is 2. The third-order valence-electron chi connectivity index (χ3n) is 6.84. The van der Waals surface area contributed by atoms with Crippen molar-refractivity contribution in [1.29, 1.82) is 0 Å². The standard InChI is InChI=1S/C29H18N4O3/c34-27-19(13-23-30-21-11-9-15-5-1-3-7-17(15)25(21)32-23)28(35)29(36)20(27)14-24-31-22-12-10-16-6-2-4-8-18(16)26(22)33-24/h1-14,19,30,32H,(H,31,33)/p+1/b20-14+,23-13-. The Morgan fingerprint density at radius 3 is 2.31 bits per heavy atom. The van der Waals surface area contributed by atoms with Crippen molar-refractivity contribution >= 4 is 67.4 Å². The van der Waals surface area contributed by atoms with E-state index in [1.807, 2.05) is 72.8 Å². The summed E-state index contributed by atoms with van der Waals surface area (Å²) in [6.07, 6.45) is 2.94. The number of aromatic amines is 2. The predicted octanol–water partition coefficient (Wildman–Crippen LogP) is 4.39. The number of fused-ring (bicyclic) bond motifs is 6. The van der Waals surface area contributed by atoms with Gasteiger partial charge in [-0.2, -0.15) is 0 Å². The van der Waals surface area contributed by atoms with Crippen LogP contribution in [-0.4, -0.2) is 22.3 Å². The van der Waals surface area contributed by atoms with Gasteiger partial charge in [0.2, 0.25) is 11.6 Å². The molecule has 7 rings (SSSR count). The zero-order valence-corrected chi connectivity index (χ0v) is 18.9. The molecule has 1 unspecified atom stereocenters. The van der Waals surface area contributed by atoms with Gasteiger partial charge < -0.3 is 10.6 Å². The summed E-state index contributed by atoms with van der Waals surface area (Å²) in [5, 5.41) is 10.7. The molecule has 1 saturated carbocycles. The Morgan fingerprint density at radius 1 is 0.750 bits per heavy atom. The number of carbonyl (C=O) groups is 3. The lowest BCUT2D eigenvalue weighted by atomic mass is 10.1. The number of allylic oxidation sites excluding steroid dienone is 2. The van der Waals surface area contributed by atoms with Gasteiger partial charge >= 0.3 is 0 Å². The first-order valence-electron chi connectivity index (χ1n) is 11.6. The minimum Gasteiger partial charge on any atom is -0.340 e. The molecule has 36 heavy (non-hydrogen) atoms. The van der Waals surface area contributed by atoms with E-state index in [0.717, 1.165) is 44.0 Å². The number of ketones is 3. The van der Waals surface area contributed by atoms with Crippen LogP contribution in [0.25, 0.3) is 38.7 Å². The van der Waals surface area contributed by atoms with Crippen molar-refractivity contribution in [2.75, 3.05) is 10.6 Å². The normalized spacial score (nSPS) is 19.6. The lowest BCUT2D eigenvalue weighted by Crippen LogP contribution is -2.17. The van der Waals surface area contributed by atoms with Crippen molar-refractivity contribution in [3.8, 4) is 0 Å². The molecule has 1 atom stereocenters. The van der Waals surface area contributed by atoms with Crippen molar-refractivity contribution in [3.05, 3.63) is 96.1 Å².